The van der Waals surface area contributed by atoms with E-state index in [-0.39, 0.29) is 11.3 Å². The van der Waals surface area contributed by atoms with E-state index in [1.165, 1.54) is 11.8 Å². The monoisotopic (exact) mass is 253 g/mol. The van der Waals surface area contributed by atoms with Gasteiger partial charge >= 0.3 is 0 Å². The van der Waals surface area contributed by atoms with Crippen LogP contribution >= 0.6 is 11.8 Å². The Morgan fingerprint density at radius 2 is 2.00 bits per heavy atom. The first-order valence-electron chi connectivity index (χ1n) is 5.35. The van der Waals surface area contributed by atoms with Gasteiger partial charge in [0.15, 0.2) is 0 Å². The molecule has 17 heavy (non-hydrogen) atoms. The molecule has 0 aliphatic carbocycles. The third-order valence-corrected chi connectivity index (χ3v) is 3.54. The molecule has 2 aromatic rings. The summed E-state index contributed by atoms with van der Waals surface area (Å²) in [5, 5.41) is 8.23. The van der Waals surface area contributed by atoms with Crippen LogP contribution in [-0.4, -0.2) is 16.2 Å². The third kappa shape index (κ3) is 2.89. The van der Waals surface area contributed by atoms with E-state index in [2.05, 4.69) is 10.2 Å². The van der Waals surface area contributed by atoms with Crippen molar-refractivity contribution in [2.24, 2.45) is 5.73 Å². The van der Waals surface area contributed by atoms with Gasteiger partial charge in [-0.15, -0.1) is 10.2 Å². The minimum atomic E-state index is -0.0715. The maximum absolute atomic E-state index is 5.96. The van der Waals surface area contributed by atoms with Crippen LogP contribution in [0.25, 0.3) is 0 Å². The molecule has 0 amide bonds. The van der Waals surface area contributed by atoms with E-state index in [4.69, 9.17) is 14.6 Å². The molecule has 2 N–H and O–H groups in total. The molecule has 2 rings (SSSR count). The molecule has 0 radical (unpaired) electrons. The molecule has 0 spiro atoms. The minimum absolute atomic E-state index is 0.0245. The van der Waals surface area contributed by atoms with Crippen molar-refractivity contribution in [1.29, 1.82) is 0 Å². The lowest BCUT2D eigenvalue weighted by Gasteiger charge is -2.15. The first kappa shape index (κ1) is 12.2. The zero-order valence-corrected chi connectivity index (χ0v) is 10.8. The molecule has 92 valence electrons. The number of nitrogens with zero attached hydrogens (tertiary/aromatic N) is 2. The topological polar surface area (TPSA) is 78.1 Å². The van der Waals surface area contributed by atoms with Gasteiger partial charge in [-0.2, -0.15) is 0 Å². The summed E-state index contributed by atoms with van der Waals surface area (Å²) in [7, 11) is 0. The Balaban J connectivity index is 2.18. The summed E-state index contributed by atoms with van der Waals surface area (Å²) in [6.45, 7) is 5.59. The van der Waals surface area contributed by atoms with Gasteiger partial charge in [-0.1, -0.05) is 11.8 Å². The highest BCUT2D eigenvalue weighted by molar-refractivity contribution is 7.99. The van der Waals surface area contributed by atoms with Crippen molar-refractivity contribution in [2.75, 3.05) is 0 Å². The number of aromatic nitrogens is 2. The van der Waals surface area contributed by atoms with Crippen molar-refractivity contribution in [2.45, 2.75) is 37.3 Å². The Kier molecular flexibility index (Phi) is 3.54. The van der Waals surface area contributed by atoms with Crippen LogP contribution in [0.1, 0.15) is 29.6 Å². The third-order valence-electron chi connectivity index (χ3n) is 2.25. The highest BCUT2D eigenvalue weighted by atomic mass is 32.2. The summed E-state index contributed by atoms with van der Waals surface area (Å²) in [4.78, 5) is 0. The molecule has 0 fully saturated rings. The zero-order valence-electron chi connectivity index (χ0n) is 10.0. The molecule has 2 atom stereocenters. The number of nitrogens with two attached hydrogens (primary N) is 1. The van der Waals surface area contributed by atoms with Crippen LogP contribution in [0.2, 0.25) is 0 Å². The lowest BCUT2D eigenvalue weighted by Crippen LogP contribution is -2.22. The predicted molar refractivity (Wildman–Crippen MR) is 64.7 cm³/mol. The van der Waals surface area contributed by atoms with Crippen LogP contribution in [0.4, 0.5) is 0 Å². The number of rotatable bonds is 4. The molecule has 0 aromatic carbocycles. The molecule has 2 unspecified atom stereocenters. The summed E-state index contributed by atoms with van der Waals surface area (Å²) >= 11 is 1.43. The SMILES string of the molecule is Cc1ccc(C(Sc2nnc(C)o2)C(C)N)o1. The highest BCUT2D eigenvalue weighted by Crippen LogP contribution is 2.37. The van der Waals surface area contributed by atoms with Gasteiger partial charge in [0, 0.05) is 13.0 Å². The molecule has 2 aromatic heterocycles. The van der Waals surface area contributed by atoms with Crippen LogP contribution < -0.4 is 5.73 Å². The Labute approximate surface area is 104 Å². The van der Waals surface area contributed by atoms with Crippen LogP contribution in [0.15, 0.2) is 26.2 Å². The molecule has 0 saturated heterocycles. The molecule has 2 heterocycles. The lowest BCUT2D eigenvalue weighted by atomic mass is 10.2. The molecular formula is C11H15N3O2S. The molecule has 0 saturated carbocycles. The van der Waals surface area contributed by atoms with Gasteiger partial charge in [0.05, 0.1) is 5.25 Å². The largest absolute Gasteiger partial charge is 0.465 e. The highest BCUT2D eigenvalue weighted by Gasteiger charge is 2.23. The summed E-state index contributed by atoms with van der Waals surface area (Å²) in [5.41, 5.74) is 5.96. The fourth-order valence-electron chi connectivity index (χ4n) is 1.47. The number of aryl methyl sites for hydroxylation is 2. The second kappa shape index (κ2) is 4.93. The van der Waals surface area contributed by atoms with Crippen molar-refractivity contribution in [3.8, 4) is 0 Å². The Morgan fingerprint density at radius 3 is 2.47 bits per heavy atom. The predicted octanol–water partition coefficient (Wildman–Crippen LogP) is 2.46. The van der Waals surface area contributed by atoms with Crippen molar-refractivity contribution in [1.82, 2.24) is 10.2 Å². The van der Waals surface area contributed by atoms with Gasteiger partial charge in [-0.3, -0.25) is 0 Å². The lowest BCUT2D eigenvalue weighted by molar-refractivity contribution is 0.423. The normalized spacial score (nSPS) is 14.8. The Bertz CT molecular complexity index is 492. The standard InChI is InChI=1S/C11H15N3O2S/c1-6-4-5-9(15-6)10(7(2)12)17-11-14-13-8(3)16-11/h4-5,7,10H,12H2,1-3H3. The fourth-order valence-corrected chi connectivity index (χ4v) is 2.40. The van der Waals surface area contributed by atoms with Crippen molar-refractivity contribution >= 4 is 11.8 Å². The van der Waals surface area contributed by atoms with Gasteiger partial charge in [-0.05, 0) is 26.0 Å². The summed E-state index contributed by atoms with van der Waals surface area (Å²) in [5.74, 6) is 2.25. The molecule has 0 aliphatic heterocycles. The first-order chi connectivity index (χ1) is 8.06. The summed E-state index contributed by atoms with van der Waals surface area (Å²) in [6, 6.07) is 3.78. The number of furan rings is 1. The van der Waals surface area contributed by atoms with Crippen LogP contribution in [0.3, 0.4) is 0 Å². The van der Waals surface area contributed by atoms with E-state index in [0.29, 0.717) is 11.1 Å². The maximum atomic E-state index is 5.96. The van der Waals surface area contributed by atoms with Gasteiger partial charge in [-0.25, -0.2) is 0 Å². The smallest absolute Gasteiger partial charge is 0.277 e. The van der Waals surface area contributed by atoms with Gasteiger partial charge in [0.25, 0.3) is 5.22 Å². The van der Waals surface area contributed by atoms with E-state index in [1.807, 2.05) is 26.0 Å². The molecule has 5 nitrogen and oxygen atoms in total. The molecule has 0 aliphatic rings. The molecule has 6 heteroatoms. The average molecular weight is 253 g/mol. The number of hydrogen-bond donors (Lipinski definition) is 1. The Morgan fingerprint density at radius 1 is 1.24 bits per heavy atom. The van der Waals surface area contributed by atoms with Crippen LogP contribution in [-0.2, 0) is 0 Å². The molecule has 0 bridgehead atoms. The van der Waals surface area contributed by atoms with Gasteiger partial charge in [0.2, 0.25) is 5.89 Å². The second-order valence-corrected chi connectivity index (χ2v) is 5.03. The van der Waals surface area contributed by atoms with Gasteiger partial charge < -0.3 is 14.6 Å². The van der Waals surface area contributed by atoms with Crippen LogP contribution in [0.5, 0.6) is 0 Å². The van der Waals surface area contributed by atoms with E-state index in [0.717, 1.165) is 11.5 Å². The average Bonchev–Trinajstić information content (AvgIpc) is 2.83. The van der Waals surface area contributed by atoms with Crippen LogP contribution in [0, 0.1) is 13.8 Å². The van der Waals surface area contributed by atoms with Crippen molar-refractivity contribution < 1.29 is 8.83 Å². The first-order valence-corrected chi connectivity index (χ1v) is 6.23. The van der Waals surface area contributed by atoms with Gasteiger partial charge in [0.1, 0.15) is 11.5 Å². The van der Waals surface area contributed by atoms with E-state index in [1.54, 1.807) is 6.92 Å². The van der Waals surface area contributed by atoms with E-state index < -0.39 is 0 Å². The fraction of sp³-hybridized carbons (Fsp3) is 0.455. The number of thioether (sulfide) groups is 1. The summed E-state index contributed by atoms with van der Waals surface area (Å²) in [6.07, 6.45) is 0. The van der Waals surface area contributed by atoms with Crippen molar-refractivity contribution in [3.63, 3.8) is 0 Å². The van der Waals surface area contributed by atoms with E-state index in [9.17, 15) is 0 Å². The Hall–Kier alpha value is -1.27. The molecular weight excluding hydrogens is 238 g/mol. The maximum Gasteiger partial charge on any atom is 0.277 e. The summed E-state index contributed by atoms with van der Waals surface area (Å²) < 4.78 is 10.9. The van der Waals surface area contributed by atoms with E-state index >= 15 is 0 Å². The second-order valence-electron chi connectivity index (χ2n) is 3.93. The quantitative estimate of drug-likeness (QED) is 0.843. The minimum Gasteiger partial charge on any atom is -0.465 e. The number of hydrogen-bond acceptors (Lipinski definition) is 6. The zero-order chi connectivity index (χ0) is 12.4. The van der Waals surface area contributed by atoms with Crippen molar-refractivity contribution in [3.05, 3.63) is 29.5 Å².